The van der Waals surface area contributed by atoms with Gasteiger partial charge in [-0.2, -0.15) is 0 Å². The number of rotatable bonds is 1. The highest BCUT2D eigenvalue weighted by Crippen LogP contribution is 2.01. The van der Waals surface area contributed by atoms with Gasteiger partial charge < -0.3 is 15.2 Å². The summed E-state index contributed by atoms with van der Waals surface area (Å²) in [7, 11) is 0. The highest BCUT2D eigenvalue weighted by atomic mass is 16.5. The van der Waals surface area contributed by atoms with Gasteiger partial charge in [-0.05, 0) is 0 Å². The molecule has 0 atom stereocenters. The summed E-state index contributed by atoms with van der Waals surface area (Å²) in [6, 6.07) is 0. The molecule has 0 radical (unpaired) electrons. The SMILES string of the molecule is NC(=O)C1=CCOC=CO1. The van der Waals surface area contributed by atoms with Crippen molar-refractivity contribution in [3.05, 3.63) is 24.4 Å². The van der Waals surface area contributed by atoms with Crippen LogP contribution in [0.5, 0.6) is 0 Å². The molecule has 1 aliphatic rings. The number of ether oxygens (including phenoxy) is 2. The second-order valence-corrected chi connectivity index (χ2v) is 1.66. The molecule has 0 unspecified atom stereocenters. The molecule has 1 heterocycles. The minimum Gasteiger partial charge on any atom is -0.494 e. The summed E-state index contributed by atoms with van der Waals surface area (Å²) in [5.74, 6) is -0.469. The zero-order valence-electron chi connectivity index (χ0n) is 5.24. The third kappa shape index (κ3) is 1.51. The first-order valence-electron chi connectivity index (χ1n) is 2.74. The zero-order chi connectivity index (χ0) is 7.40. The summed E-state index contributed by atoms with van der Waals surface area (Å²) in [5, 5.41) is 0. The van der Waals surface area contributed by atoms with Crippen molar-refractivity contribution in [3.8, 4) is 0 Å². The van der Waals surface area contributed by atoms with Gasteiger partial charge in [0.1, 0.15) is 19.1 Å². The van der Waals surface area contributed by atoms with Crippen molar-refractivity contribution in [2.45, 2.75) is 0 Å². The van der Waals surface area contributed by atoms with E-state index in [0.717, 1.165) is 0 Å². The van der Waals surface area contributed by atoms with Crippen LogP contribution in [-0.2, 0) is 14.3 Å². The van der Waals surface area contributed by atoms with Gasteiger partial charge in [-0.1, -0.05) is 0 Å². The van der Waals surface area contributed by atoms with Gasteiger partial charge in [0.2, 0.25) is 0 Å². The van der Waals surface area contributed by atoms with E-state index in [1.165, 1.54) is 18.6 Å². The van der Waals surface area contributed by atoms with E-state index < -0.39 is 5.91 Å². The summed E-state index contributed by atoms with van der Waals surface area (Å²) in [6.07, 6.45) is 4.10. The summed E-state index contributed by atoms with van der Waals surface area (Å²) in [4.78, 5) is 10.4. The molecular weight excluding hydrogens is 134 g/mol. The van der Waals surface area contributed by atoms with Gasteiger partial charge in [0, 0.05) is 6.08 Å². The van der Waals surface area contributed by atoms with Gasteiger partial charge in [-0.15, -0.1) is 0 Å². The number of nitrogens with two attached hydrogens (primary N) is 1. The molecular formula is C6H7NO3. The Labute approximate surface area is 57.9 Å². The van der Waals surface area contributed by atoms with Crippen LogP contribution < -0.4 is 5.73 Å². The van der Waals surface area contributed by atoms with Crippen LogP contribution in [0.4, 0.5) is 0 Å². The molecule has 54 valence electrons. The van der Waals surface area contributed by atoms with Gasteiger partial charge in [-0.25, -0.2) is 0 Å². The second-order valence-electron chi connectivity index (χ2n) is 1.66. The van der Waals surface area contributed by atoms with Crippen LogP contribution in [-0.4, -0.2) is 12.5 Å². The highest BCUT2D eigenvalue weighted by molar-refractivity contribution is 5.89. The van der Waals surface area contributed by atoms with Crippen molar-refractivity contribution in [2.24, 2.45) is 5.73 Å². The zero-order valence-corrected chi connectivity index (χ0v) is 5.24. The average Bonchev–Trinajstić information content (AvgIpc) is 2.12. The molecule has 1 aliphatic heterocycles. The third-order valence-electron chi connectivity index (χ3n) is 0.955. The van der Waals surface area contributed by atoms with Crippen molar-refractivity contribution in [1.82, 2.24) is 0 Å². The van der Waals surface area contributed by atoms with Crippen LogP contribution in [0.2, 0.25) is 0 Å². The number of carbonyl (C=O) groups excluding carboxylic acids is 1. The lowest BCUT2D eigenvalue weighted by Crippen LogP contribution is -2.14. The van der Waals surface area contributed by atoms with E-state index in [2.05, 4.69) is 0 Å². The van der Waals surface area contributed by atoms with E-state index in [-0.39, 0.29) is 5.76 Å². The molecule has 1 amide bonds. The maximum Gasteiger partial charge on any atom is 0.284 e. The first-order valence-corrected chi connectivity index (χ1v) is 2.74. The summed E-state index contributed by atoms with van der Waals surface area (Å²) in [6.45, 7) is 0.314. The van der Waals surface area contributed by atoms with E-state index in [1.807, 2.05) is 0 Å². The second kappa shape index (κ2) is 2.91. The van der Waals surface area contributed by atoms with E-state index in [4.69, 9.17) is 15.2 Å². The lowest BCUT2D eigenvalue weighted by molar-refractivity contribution is -0.117. The smallest absolute Gasteiger partial charge is 0.284 e. The number of carbonyl (C=O) groups is 1. The van der Waals surface area contributed by atoms with Crippen LogP contribution >= 0.6 is 0 Å². The molecule has 0 bridgehead atoms. The molecule has 4 nitrogen and oxygen atoms in total. The van der Waals surface area contributed by atoms with Crippen molar-refractivity contribution in [2.75, 3.05) is 6.61 Å². The number of amides is 1. The number of primary amides is 1. The van der Waals surface area contributed by atoms with Crippen molar-refractivity contribution in [3.63, 3.8) is 0 Å². The Morgan fingerprint density at radius 1 is 1.60 bits per heavy atom. The van der Waals surface area contributed by atoms with Gasteiger partial charge in [0.25, 0.3) is 5.91 Å². The molecule has 4 heteroatoms. The first kappa shape index (κ1) is 6.67. The summed E-state index contributed by atoms with van der Waals surface area (Å²) < 4.78 is 9.53. The molecule has 0 aliphatic carbocycles. The van der Waals surface area contributed by atoms with Gasteiger partial charge in [-0.3, -0.25) is 4.79 Å². The minimum absolute atomic E-state index is 0.119. The Bertz CT molecular complexity index is 195. The Hall–Kier alpha value is -1.45. The molecule has 0 aromatic heterocycles. The van der Waals surface area contributed by atoms with Crippen LogP contribution in [0.25, 0.3) is 0 Å². The molecule has 2 N–H and O–H groups in total. The predicted octanol–water partition coefficient (Wildman–Crippen LogP) is -0.126. The van der Waals surface area contributed by atoms with Crippen LogP contribution in [0, 0.1) is 0 Å². The van der Waals surface area contributed by atoms with Crippen molar-refractivity contribution < 1.29 is 14.3 Å². The molecule has 1 rings (SSSR count). The lowest BCUT2D eigenvalue weighted by atomic mass is 10.4. The average molecular weight is 141 g/mol. The molecule has 0 saturated carbocycles. The molecule has 0 saturated heterocycles. The third-order valence-corrected chi connectivity index (χ3v) is 0.955. The maximum absolute atomic E-state index is 10.4. The topological polar surface area (TPSA) is 61.6 Å². The first-order chi connectivity index (χ1) is 4.80. The summed E-state index contributed by atoms with van der Waals surface area (Å²) >= 11 is 0. The van der Waals surface area contributed by atoms with Gasteiger partial charge in [0.05, 0.1) is 0 Å². The van der Waals surface area contributed by atoms with E-state index >= 15 is 0 Å². The van der Waals surface area contributed by atoms with Crippen LogP contribution in [0.3, 0.4) is 0 Å². The van der Waals surface area contributed by atoms with E-state index in [0.29, 0.717) is 6.61 Å². The Balaban J connectivity index is 2.65. The Morgan fingerprint density at radius 2 is 2.40 bits per heavy atom. The molecule has 0 spiro atoms. The van der Waals surface area contributed by atoms with Gasteiger partial charge in [0.15, 0.2) is 5.76 Å². The van der Waals surface area contributed by atoms with Crippen LogP contribution in [0.1, 0.15) is 0 Å². The molecule has 0 aromatic carbocycles. The van der Waals surface area contributed by atoms with Gasteiger partial charge >= 0.3 is 0 Å². The minimum atomic E-state index is -0.588. The fraction of sp³-hybridized carbons (Fsp3) is 0.167. The Kier molecular flexibility index (Phi) is 1.94. The fourth-order valence-electron chi connectivity index (χ4n) is 0.527. The molecule has 0 aromatic rings. The lowest BCUT2D eigenvalue weighted by Gasteiger charge is -1.96. The largest absolute Gasteiger partial charge is 0.494 e. The number of hydrogen-bond donors (Lipinski definition) is 1. The van der Waals surface area contributed by atoms with Crippen LogP contribution in [0.15, 0.2) is 24.4 Å². The van der Waals surface area contributed by atoms with Crippen molar-refractivity contribution in [1.29, 1.82) is 0 Å². The maximum atomic E-state index is 10.4. The van der Waals surface area contributed by atoms with Crippen molar-refractivity contribution >= 4 is 5.91 Å². The normalized spacial score (nSPS) is 16.2. The summed E-state index contributed by atoms with van der Waals surface area (Å²) in [5.41, 5.74) is 4.91. The quantitative estimate of drug-likeness (QED) is 0.553. The molecule has 10 heavy (non-hydrogen) atoms. The predicted molar refractivity (Wildman–Crippen MR) is 33.5 cm³/mol. The van der Waals surface area contributed by atoms with E-state index in [9.17, 15) is 4.79 Å². The number of hydrogen-bond acceptors (Lipinski definition) is 3. The standard InChI is InChI=1S/C6H7NO3/c7-6(8)5-1-2-9-3-4-10-5/h1,3-4H,2H2,(H2,7,8). The Morgan fingerprint density at radius 3 is 3.10 bits per heavy atom. The highest BCUT2D eigenvalue weighted by Gasteiger charge is 2.05. The fourth-order valence-corrected chi connectivity index (χ4v) is 0.527. The monoisotopic (exact) mass is 141 g/mol. The molecule has 0 fully saturated rings. The van der Waals surface area contributed by atoms with E-state index in [1.54, 1.807) is 0 Å².